The predicted octanol–water partition coefficient (Wildman–Crippen LogP) is 4.88. The molecule has 1 aromatic rings. The highest BCUT2D eigenvalue weighted by atomic mass is 14.3. The first-order valence-corrected chi connectivity index (χ1v) is 6.22. The molecule has 15 heavy (non-hydrogen) atoms. The first-order valence-electron chi connectivity index (χ1n) is 6.22. The van der Waals surface area contributed by atoms with E-state index in [9.17, 15) is 0 Å². The second kappa shape index (κ2) is 5.75. The van der Waals surface area contributed by atoms with Gasteiger partial charge in [-0.15, -0.1) is 0 Å². The summed E-state index contributed by atoms with van der Waals surface area (Å²) in [6, 6.07) is 8.83. The minimum Gasteiger partial charge on any atom is -0.0804 e. The van der Waals surface area contributed by atoms with E-state index >= 15 is 0 Å². The molecule has 2 unspecified atom stereocenters. The van der Waals surface area contributed by atoms with Crippen LogP contribution in [-0.2, 0) is 0 Å². The summed E-state index contributed by atoms with van der Waals surface area (Å²) in [4.78, 5) is 0. The van der Waals surface area contributed by atoms with Crippen LogP contribution in [0.3, 0.4) is 0 Å². The smallest absolute Gasteiger partial charge is 0.00299 e. The Bertz CT molecular complexity index is 292. The fraction of sp³-hybridized carbons (Fsp3) is 0.467. The summed E-state index contributed by atoms with van der Waals surface area (Å²) in [6.45, 7) is 8.00. The maximum atomic E-state index is 2.35. The fourth-order valence-corrected chi connectivity index (χ4v) is 2.35. The van der Waals surface area contributed by atoms with Crippen molar-refractivity contribution in [3.8, 4) is 0 Å². The highest BCUT2D eigenvalue weighted by Gasteiger charge is 2.31. The minimum absolute atomic E-state index is 0.746. The van der Waals surface area contributed by atoms with E-state index in [4.69, 9.17) is 0 Å². The van der Waals surface area contributed by atoms with Crippen LogP contribution in [0.1, 0.15) is 57.1 Å². The lowest BCUT2D eigenvalue weighted by Crippen LogP contribution is -1.90. The van der Waals surface area contributed by atoms with Gasteiger partial charge >= 0.3 is 0 Å². The van der Waals surface area contributed by atoms with Crippen LogP contribution >= 0.6 is 0 Å². The quantitative estimate of drug-likeness (QED) is 0.526. The van der Waals surface area contributed by atoms with E-state index in [0.717, 1.165) is 11.8 Å². The monoisotopic (exact) mass is 202 g/mol. The number of hydrogen-bond donors (Lipinski definition) is 0. The Hall–Kier alpha value is -1.04. The Labute approximate surface area is 94.0 Å². The van der Waals surface area contributed by atoms with Crippen molar-refractivity contribution in [3.63, 3.8) is 0 Å². The second-order valence-electron chi connectivity index (χ2n) is 3.46. The predicted molar refractivity (Wildman–Crippen MR) is 68.4 cm³/mol. The zero-order valence-electron chi connectivity index (χ0n) is 10.3. The fourth-order valence-electron chi connectivity index (χ4n) is 2.35. The molecule has 0 nitrogen and oxygen atoms in total. The van der Waals surface area contributed by atoms with E-state index in [1.165, 1.54) is 6.42 Å². The van der Waals surface area contributed by atoms with Gasteiger partial charge in [0.2, 0.25) is 0 Å². The van der Waals surface area contributed by atoms with Gasteiger partial charge in [0.1, 0.15) is 0 Å². The van der Waals surface area contributed by atoms with Gasteiger partial charge in [-0.1, -0.05) is 64.1 Å². The van der Waals surface area contributed by atoms with Gasteiger partial charge < -0.3 is 0 Å². The Morgan fingerprint density at radius 1 is 0.800 bits per heavy atom. The molecule has 1 aromatic carbocycles. The van der Waals surface area contributed by atoms with Crippen LogP contribution in [0.4, 0.5) is 0 Å². The van der Waals surface area contributed by atoms with Gasteiger partial charge in [-0.3, -0.25) is 0 Å². The topological polar surface area (TPSA) is 0 Å². The highest BCUT2D eigenvalue weighted by Crippen LogP contribution is 2.47. The molecule has 0 saturated heterocycles. The van der Waals surface area contributed by atoms with Crippen LogP contribution in [0, 0.1) is 0 Å². The molecule has 0 radical (unpaired) electrons. The van der Waals surface area contributed by atoms with Crippen molar-refractivity contribution in [2.45, 2.75) is 46.0 Å². The lowest BCUT2D eigenvalue weighted by atomic mass is 9.97. The van der Waals surface area contributed by atoms with Gasteiger partial charge in [0, 0.05) is 11.8 Å². The molecular weight excluding hydrogens is 180 g/mol. The zero-order valence-corrected chi connectivity index (χ0v) is 10.3. The molecule has 0 heterocycles. The first kappa shape index (κ1) is 12.0. The van der Waals surface area contributed by atoms with Crippen LogP contribution in [0.5, 0.6) is 0 Å². The van der Waals surface area contributed by atoms with Crippen molar-refractivity contribution in [3.05, 3.63) is 47.5 Å². The van der Waals surface area contributed by atoms with Crippen LogP contribution in [0.2, 0.25) is 0 Å². The Morgan fingerprint density at radius 2 is 1.20 bits per heavy atom. The molecular formula is C15H22. The van der Waals surface area contributed by atoms with Gasteiger partial charge in [-0.05, 0) is 17.5 Å². The number of hydrogen-bond acceptors (Lipinski definition) is 0. The molecule has 0 heteroatoms. The van der Waals surface area contributed by atoms with Crippen LogP contribution < -0.4 is 0 Å². The third kappa shape index (κ3) is 2.14. The molecule has 0 aromatic heterocycles. The highest BCUT2D eigenvalue weighted by molar-refractivity contribution is 5.47. The maximum absolute atomic E-state index is 2.35. The number of fused-ring (bicyclic) bond motifs is 5. The standard InChI is InChI=1S/C11H10.2C2H6/c1-2-4-11-9-6-5-8(7-9)10(11)3-1;2*1-2/h1-6,8-9H,7H2;2*1-2H3. The van der Waals surface area contributed by atoms with Crippen LogP contribution in [0.25, 0.3) is 0 Å². The molecule has 2 atom stereocenters. The van der Waals surface area contributed by atoms with Crippen molar-refractivity contribution in [1.29, 1.82) is 0 Å². The van der Waals surface area contributed by atoms with Gasteiger partial charge in [0.15, 0.2) is 0 Å². The molecule has 0 fully saturated rings. The molecule has 0 aliphatic heterocycles. The number of allylic oxidation sites excluding steroid dienone is 2. The summed E-state index contributed by atoms with van der Waals surface area (Å²) < 4.78 is 0. The molecule has 2 aliphatic carbocycles. The summed E-state index contributed by atoms with van der Waals surface area (Å²) in [6.07, 6.45) is 6.04. The summed E-state index contributed by atoms with van der Waals surface area (Å²) in [5, 5.41) is 0. The summed E-state index contributed by atoms with van der Waals surface area (Å²) in [5.41, 5.74) is 3.14. The van der Waals surface area contributed by atoms with Crippen LogP contribution in [0.15, 0.2) is 36.4 Å². The summed E-state index contributed by atoms with van der Waals surface area (Å²) >= 11 is 0. The largest absolute Gasteiger partial charge is 0.0804 e. The van der Waals surface area contributed by atoms with E-state index in [2.05, 4.69) is 36.4 Å². The number of rotatable bonds is 0. The van der Waals surface area contributed by atoms with E-state index in [0.29, 0.717) is 0 Å². The maximum Gasteiger partial charge on any atom is 0.00299 e. The van der Waals surface area contributed by atoms with Crippen molar-refractivity contribution in [2.75, 3.05) is 0 Å². The average Bonchev–Trinajstić information content (AvgIpc) is 2.96. The van der Waals surface area contributed by atoms with Crippen molar-refractivity contribution >= 4 is 0 Å². The van der Waals surface area contributed by atoms with E-state index in [-0.39, 0.29) is 0 Å². The molecule has 3 rings (SSSR count). The van der Waals surface area contributed by atoms with Crippen molar-refractivity contribution < 1.29 is 0 Å². The number of benzene rings is 1. The normalized spacial score (nSPS) is 23.5. The Morgan fingerprint density at radius 3 is 1.60 bits per heavy atom. The molecule has 0 spiro atoms. The third-order valence-electron chi connectivity index (χ3n) is 2.88. The Balaban J connectivity index is 0.000000255. The zero-order chi connectivity index (χ0) is 11.3. The molecule has 0 N–H and O–H groups in total. The minimum atomic E-state index is 0.746. The van der Waals surface area contributed by atoms with Crippen molar-refractivity contribution in [2.24, 2.45) is 0 Å². The summed E-state index contributed by atoms with van der Waals surface area (Å²) in [5.74, 6) is 1.49. The van der Waals surface area contributed by atoms with Crippen LogP contribution in [-0.4, -0.2) is 0 Å². The average molecular weight is 202 g/mol. The van der Waals surface area contributed by atoms with Gasteiger partial charge in [-0.2, -0.15) is 0 Å². The molecule has 82 valence electrons. The second-order valence-corrected chi connectivity index (χ2v) is 3.46. The lowest BCUT2D eigenvalue weighted by Gasteiger charge is -2.08. The Kier molecular flexibility index (Phi) is 4.61. The van der Waals surface area contributed by atoms with E-state index < -0.39 is 0 Å². The van der Waals surface area contributed by atoms with E-state index in [1.54, 1.807) is 11.1 Å². The third-order valence-corrected chi connectivity index (χ3v) is 2.88. The first-order chi connectivity index (χ1) is 7.45. The molecule has 2 bridgehead atoms. The van der Waals surface area contributed by atoms with Gasteiger partial charge in [0.25, 0.3) is 0 Å². The molecule has 0 amide bonds. The van der Waals surface area contributed by atoms with Crippen molar-refractivity contribution in [1.82, 2.24) is 0 Å². The molecule has 0 saturated carbocycles. The molecule has 2 aliphatic rings. The lowest BCUT2D eigenvalue weighted by molar-refractivity contribution is 0.804. The van der Waals surface area contributed by atoms with Gasteiger partial charge in [-0.25, -0.2) is 0 Å². The van der Waals surface area contributed by atoms with Gasteiger partial charge in [0.05, 0.1) is 0 Å². The van der Waals surface area contributed by atoms with E-state index in [1.807, 2.05) is 27.7 Å². The SMILES string of the molecule is C1=CC2CC1c1ccccc12.CC.CC. The summed E-state index contributed by atoms with van der Waals surface area (Å²) in [7, 11) is 0.